The van der Waals surface area contributed by atoms with E-state index in [1.807, 2.05) is 20.8 Å². The Morgan fingerprint density at radius 2 is 1.76 bits per heavy atom. The Hall–Kier alpha value is -0.310. The second-order valence-corrected chi connectivity index (χ2v) is 9.52. The van der Waals surface area contributed by atoms with Crippen molar-refractivity contribution in [2.45, 2.75) is 31.2 Å². The molecule has 0 fully saturated rings. The molecule has 0 aliphatic heterocycles. The van der Waals surface area contributed by atoms with Crippen LogP contribution >= 0.6 is 42.5 Å². The van der Waals surface area contributed by atoms with Crippen LogP contribution in [0.3, 0.4) is 0 Å². The summed E-state index contributed by atoms with van der Waals surface area (Å²) in [6.45, 7) is 5.38. The minimum Gasteiger partial charge on any atom is -0.481 e. The van der Waals surface area contributed by atoms with Crippen LogP contribution in [0.1, 0.15) is 20.8 Å². The number of hydrogen-bond acceptors (Lipinski definition) is 4. The number of ether oxygens (including phenoxy) is 1. The number of carbonyl (C=O) groups excluding carboxylic acids is 1. The third-order valence-corrected chi connectivity index (χ3v) is 4.63. The first-order valence-electron chi connectivity index (χ1n) is 5.77. The average Bonchev–Trinajstić information content (AvgIpc) is 2.23. The highest BCUT2D eigenvalue weighted by Gasteiger charge is 2.18. The minimum absolute atomic E-state index is 0.0746. The predicted octanol–water partition coefficient (Wildman–Crippen LogP) is 3.43. The standard InChI is InChI=1S/C12H14Br2ClNO4S/c1-12(2,3)16-10(17)6-20-11-8(13)4-7(5-9(11)14)21(15,18)19/h4-5H,6H2,1-3H3,(H,16,17). The summed E-state index contributed by atoms with van der Waals surface area (Å²) in [5.74, 6) is 0.0402. The van der Waals surface area contributed by atoms with Crippen LogP contribution in [0.15, 0.2) is 26.0 Å². The van der Waals surface area contributed by atoms with Gasteiger partial charge in [-0.2, -0.15) is 0 Å². The first-order chi connectivity index (χ1) is 9.40. The van der Waals surface area contributed by atoms with Gasteiger partial charge in [0.2, 0.25) is 0 Å². The molecule has 0 spiro atoms. The van der Waals surface area contributed by atoms with Crippen LogP contribution in [0, 0.1) is 0 Å². The van der Waals surface area contributed by atoms with Crippen LogP contribution in [-0.4, -0.2) is 26.5 Å². The Balaban J connectivity index is 2.89. The molecular formula is C12H14Br2ClNO4S. The van der Waals surface area contributed by atoms with Crippen molar-refractivity contribution in [1.82, 2.24) is 5.32 Å². The lowest BCUT2D eigenvalue weighted by atomic mass is 10.1. The number of halogens is 3. The van der Waals surface area contributed by atoms with Gasteiger partial charge in [0.05, 0.1) is 13.8 Å². The smallest absolute Gasteiger partial charge is 0.261 e. The van der Waals surface area contributed by atoms with Crippen molar-refractivity contribution in [2.75, 3.05) is 6.61 Å². The summed E-state index contributed by atoms with van der Waals surface area (Å²) in [6.07, 6.45) is 0. The van der Waals surface area contributed by atoms with Crippen molar-refractivity contribution in [3.8, 4) is 5.75 Å². The molecule has 0 unspecified atom stereocenters. The molecule has 0 aromatic heterocycles. The van der Waals surface area contributed by atoms with E-state index in [0.29, 0.717) is 14.7 Å². The topological polar surface area (TPSA) is 72.5 Å². The molecule has 0 aliphatic carbocycles. The Kier molecular flexibility index (Phi) is 6.11. The third-order valence-electron chi connectivity index (χ3n) is 2.12. The summed E-state index contributed by atoms with van der Waals surface area (Å²) in [4.78, 5) is 11.6. The van der Waals surface area contributed by atoms with Crippen LogP contribution in [-0.2, 0) is 13.8 Å². The maximum absolute atomic E-state index is 11.7. The third kappa shape index (κ3) is 6.14. The number of hydrogen-bond donors (Lipinski definition) is 1. The first kappa shape index (κ1) is 18.7. The van der Waals surface area contributed by atoms with Gasteiger partial charge in [0.25, 0.3) is 15.0 Å². The van der Waals surface area contributed by atoms with Crippen LogP contribution in [0.25, 0.3) is 0 Å². The van der Waals surface area contributed by atoms with Crippen molar-refractivity contribution in [3.05, 3.63) is 21.1 Å². The fourth-order valence-corrected chi connectivity index (χ4v) is 3.91. The molecule has 9 heteroatoms. The van der Waals surface area contributed by atoms with Gasteiger partial charge in [-0.15, -0.1) is 0 Å². The van der Waals surface area contributed by atoms with Crippen LogP contribution in [0.4, 0.5) is 0 Å². The molecule has 1 aromatic rings. The zero-order valence-electron chi connectivity index (χ0n) is 11.5. The first-order valence-corrected chi connectivity index (χ1v) is 9.67. The number of rotatable bonds is 4. The van der Waals surface area contributed by atoms with Gasteiger partial charge >= 0.3 is 0 Å². The molecule has 1 amide bonds. The number of amides is 1. The zero-order valence-corrected chi connectivity index (χ0v) is 16.3. The maximum atomic E-state index is 11.7. The molecule has 1 rings (SSSR count). The van der Waals surface area contributed by atoms with Gasteiger partial charge < -0.3 is 10.1 Å². The van der Waals surface area contributed by atoms with Crippen molar-refractivity contribution >= 4 is 57.5 Å². The van der Waals surface area contributed by atoms with E-state index in [9.17, 15) is 13.2 Å². The van der Waals surface area contributed by atoms with E-state index in [2.05, 4.69) is 37.2 Å². The Morgan fingerprint density at radius 1 is 1.29 bits per heavy atom. The van der Waals surface area contributed by atoms with Gasteiger partial charge in [0, 0.05) is 16.2 Å². The lowest BCUT2D eigenvalue weighted by Gasteiger charge is -2.20. The summed E-state index contributed by atoms with van der Waals surface area (Å²) in [5, 5.41) is 2.75. The molecule has 1 N–H and O–H groups in total. The molecule has 1 aromatic carbocycles. The lowest BCUT2D eigenvalue weighted by molar-refractivity contribution is -0.124. The molecule has 0 saturated carbocycles. The molecule has 5 nitrogen and oxygen atoms in total. The van der Waals surface area contributed by atoms with Gasteiger partial charge in [-0.25, -0.2) is 8.42 Å². The maximum Gasteiger partial charge on any atom is 0.261 e. The van der Waals surface area contributed by atoms with E-state index in [1.165, 1.54) is 12.1 Å². The largest absolute Gasteiger partial charge is 0.481 e. The van der Waals surface area contributed by atoms with E-state index in [-0.39, 0.29) is 22.9 Å². The Labute approximate surface area is 145 Å². The second kappa shape index (κ2) is 6.85. The molecule has 21 heavy (non-hydrogen) atoms. The predicted molar refractivity (Wildman–Crippen MR) is 88.3 cm³/mol. The van der Waals surface area contributed by atoms with E-state index in [0.717, 1.165) is 0 Å². The van der Waals surface area contributed by atoms with Crippen molar-refractivity contribution in [2.24, 2.45) is 0 Å². The molecule has 0 heterocycles. The summed E-state index contributed by atoms with van der Waals surface area (Å²) in [5.41, 5.74) is -0.356. The zero-order chi connectivity index (χ0) is 16.4. The fraction of sp³-hybridized carbons (Fsp3) is 0.417. The molecule has 0 saturated heterocycles. The summed E-state index contributed by atoms with van der Waals surface area (Å²) in [6, 6.07) is 2.62. The van der Waals surface area contributed by atoms with Crippen molar-refractivity contribution in [1.29, 1.82) is 0 Å². The number of nitrogens with one attached hydrogen (secondary N) is 1. The fourth-order valence-electron chi connectivity index (χ4n) is 1.41. The normalized spacial score (nSPS) is 12.1. The van der Waals surface area contributed by atoms with Crippen molar-refractivity contribution in [3.63, 3.8) is 0 Å². The monoisotopic (exact) mass is 461 g/mol. The SMILES string of the molecule is CC(C)(C)NC(=O)COc1c(Br)cc(S(=O)(=O)Cl)cc1Br. The molecule has 0 radical (unpaired) electrons. The van der Waals surface area contributed by atoms with Gasteiger partial charge in [0.1, 0.15) is 5.75 Å². The van der Waals surface area contributed by atoms with Gasteiger partial charge in [-0.1, -0.05) is 0 Å². The summed E-state index contributed by atoms with van der Waals surface area (Å²) < 4.78 is 28.7. The number of carbonyl (C=O) groups is 1. The highest BCUT2D eigenvalue weighted by molar-refractivity contribution is 9.11. The van der Waals surface area contributed by atoms with Crippen LogP contribution < -0.4 is 10.1 Å². The minimum atomic E-state index is -3.84. The van der Waals surface area contributed by atoms with E-state index >= 15 is 0 Å². The van der Waals surface area contributed by atoms with E-state index in [1.54, 1.807) is 0 Å². The molecule has 0 aliphatic rings. The highest BCUT2D eigenvalue weighted by atomic mass is 79.9. The molecule has 0 atom stereocenters. The molecule has 118 valence electrons. The average molecular weight is 464 g/mol. The van der Waals surface area contributed by atoms with Crippen LogP contribution in [0.2, 0.25) is 0 Å². The van der Waals surface area contributed by atoms with Gasteiger partial charge in [-0.05, 0) is 64.8 Å². The van der Waals surface area contributed by atoms with Gasteiger partial charge in [-0.3, -0.25) is 4.79 Å². The molecule has 0 bridgehead atoms. The Morgan fingerprint density at radius 3 is 2.14 bits per heavy atom. The molecular weight excluding hydrogens is 449 g/mol. The quantitative estimate of drug-likeness (QED) is 0.695. The van der Waals surface area contributed by atoms with Crippen LogP contribution in [0.5, 0.6) is 5.75 Å². The second-order valence-electron chi connectivity index (χ2n) is 5.24. The highest BCUT2D eigenvalue weighted by Crippen LogP contribution is 2.36. The summed E-state index contributed by atoms with van der Waals surface area (Å²) in [7, 11) is 1.44. The number of benzene rings is 1. The Bertz CT molecular complexity index is 633. The van der Waals surface area contributed by atoms with E-state index in [4.69, 9.17) is 15.4 Å². The lowest BCUT2D eigenvalue weighted by Crippen LogP contribution is -2.43. The van der Waals surface area contributed by atoms with Gasteiger partial charge in [0.15, 0.2) is 6.61 Å². The summed E-state index contributed by atoms with van der Waals surface area (Å²) >= 11 is 6.38. The van der Waals surface area contributed by atoms with Crippen molar-refractivity contribution < 1.29 is 17.9 Å². The van der Waals surface area contributed by atoms with E-state index < -0.39 is 9.05 Å².